The number of rotatable bonds is 2. The predicted molar refractivity (Wildman–Crippen MR) is 66.8 cm³/mol. The first-order valence-electron chi connectivity index (χ1n) is 5.03. The van der Waals surface area contributed by atoms with Gasteiger partial charge in [-0.3, -0.25) is 9.98 Å². The number of nitrogens with zero attached hydrogens (tertiary/aromatic N) is 2. The predicted octanol–water partition coefficient (Wildman–Crippen LogP) is 2.68. The van der Waals surface area contributed by atoms with Gasteiger partial charge in [0.05, 0.1) is 19.2 Å². The second-order valence-corrected chi connectivity index (χ2v) is 4.18. The van der Waals surface area contributed by atoms with Crippen molar-refractivity contribution in [1.29, 1.82) is 5.41 Å². The van der Waals surface area contributed by atoms with E-state index >= 15 is 0 Å². The number of aryl methyl sites for hydroxylation is 1. The first-order chi connectivity index (χ1) is 7.77. The molecule has 0 amide bonds. The molecule has 2 rings (SSSR count). The Bertz CT molecular complexity index is 521. The van der Waals surface area contributed by atoms with E-state index in [-0.39, 0.29) is 0 Å². The van der Waals surface area contributed by atoms with Gasteiger partial charge < -0.3 is 4.18 Å². The van der Waals surface area contributed by atoms with Crippen LogP contribution in [0.1, 0.15) is 12.6 Å². The summed E-state index contributed by atoms with van der Waals surface area (Å²) in [4.78, 5) is 4.31. The molecule has 2 aromatic rings. The molecular formula is C11H13N3OS. The summed E-state index contributed by atoms with van der Waals surface area (Å²) in [6, 6.07) is 5.97. The molecule has 0 aliphatic carbocycles. The zero-order chi connectivity index (χ0) is 11.5. The summed E-state index contributed by atoms with van der Waals surface area (Å²) in [7, 11) is 1.56. The van der Waals surface area contributed by atoms with E-state index in [4.69, 9.17) is 9.59 Å². The van der Waals surface area contributed by atoms with Crippen molar-refractivity contribution in [2.45, 2.75) is 13.3 Å². The third-order valence-electron chi connectivity index (χ3n) is 2.37. The summed E-state index contributed by atoms with van der Waals surface area (Å²) in [5.74, 6) is 0. The Morgan fingerprint density at radius 2 is 2.44 bits per heavy atom. The fraction of sp³-hybridized carbons (Fsp3) is 0.273. The Kier molecular flexibility index (Phi) is 3.26. The van der Waals surface area contributed by atoms with Crippen LogP contribution in [-0.4, -0.2) is 21.8 Å². The average molecular weight is 235 g/mol. The van der Waals surface area contributed by atoms with Gasteiger partial charge in [0, 0.05) is 17.3 Å². The second-order valence-electron chi connectivity index (χ2n) is 3.30. The molecule has 16 heavy (non-hydrogen) atoms. The standard InChI is InChI=1S/C11H13N3OS/c1-3-9-7-8-5-4-6-13-10(8)14(9)11(12)16-15-2/h4-7,12H,3H2,1-2H3. The maximum absolute atomic E-state index is 7.93. The van der Waals surface area contributed by atoms with Crippen molar-refractivity contribution in [3.63, 3.8) is 0 Å². The molecule has 2 heterocycles. The van der Waals surface area contributed by atoms with Gasteiger partial charge in [0.2, 0.25) is 0 Å². The lowest BCUT2D eigenvalue weighted by Crippen LogP contribution is -2.10. The third kappa shape index (κ3) is 1.83. The van der Waals surface area contributed by atoms with Gasteiger partial charge >= 0.3 is 0 Å². The van der Waals surface area contributed by atoms with Gasteiger partial charge in [-0.05, 0) is 24.6 Å². The minimum Gasteiger partial charge on any atom is -0.311 e. The van der Waals surface area contributed by atoms with Gasteiger partial charge in [-0.15, -0.1) is 0 Å². The quantitative estimate of drug-likeness (QED) is 0.494. The molecule has 0 fully saturated rings. The normalized spacial score (nSPS) is 10.9. The Morgan fingerprint density at radius 1 is 1.62 bits per heavy atom. The Hall–Kier alpha value is -1.33. The summed E-state index contributed by atoms with van der Waals surface area (Å²) >= 11 is 1.04. The minimum atomic E-state index is 0.341. The number of hydrogen-bond donors (Lipinski definition) is 1. The largest absolute Gasteiger partial charge is 0.311 e. The number of fused-ring (bicyclic) bond motifs is 1. The first kappa shape index (κ1) is 11.2. The molecule has 4 nitrogen and oxygen atoms in total. The zero-order valence-electron chi connectivity index (χ0n) is 9.23. The molecule has 5 heteroatoms. The maximum Gasteiger partial charge on any atom is 0.194 e. The molecule has 0 aliphatic heterocycles. The highest BCUT2D eigenvalue weighted by Gasteiger charge is 2.12. The molecule has 0 saturated carbocycles. The number of nitrogens with one attached hydrogen (secondary N) is 1. The van der Waals surface area contributed by atoms with E-state index in [0.717, 1.165) is 35.2 Å². The first-order valence-corrected chi connectivity index (χ1v) is 5.77. The van der Waals surface area contributed by atoms with Crippen LogP contribution >= 0.6 is 12.0 Å². The molecule has 0 spiro atoms. The van der Waals surface area contributed by atoms with Crippen molar-refractivity contribution in [1.82, 2.24) is 9.55 Å². The van der Waals surface area contributed by atoms with Crippen molar-refractivity contribution in [3.05, 3.63) is 30.1 Å². The Labute approximate surface area is 98.3 Å². The molecule has 0 bridgehead atoms. The van der Waals surface area contributed by atoms with Crippen LogP contribution in [0.4, 0.5) is 0 Å². The van der Waals surface area contributed by atoms with Gasteiger partial charge in [0.1, 0.15) is 5.65 Å². The van der Waals surface area contributed by atoms with Crippen LogP contribution in [-0.2, 0) is 10.6 Å². The van der Waals surface area contributed by atoms with Crippen molar-refractivity contribution in [3.8, 4) is 0 Å². The second kappa shape index (κ2) is 4.67. The average Bonchev–Trinajstić information content (AvgIpc) is 2.67. The summed E-state index contributed by atoms with van der Waals surface area (Å²) in [6.45, 7) is 2.06. The summed E-state index contributed by atoms with van der Waals surface area (Å²) < 4.78 is 6.74. The van der Waals surface area contributed by atoms with Gasteiger partial charge in [-0.2, -0.15) is 0 Å². The molecule has 0 aliphatic rings. The van der Waals surface area contributed by atoms with E-state index in [1.54, 1.807) is 13.3 Å². The number of pyridine rings is 1. The topological polar surface area (TPSA) is 50.9 Å². The molecule has 0 radical (unpaired) electrons. The van der Waals surface area contributed by atoms with E-state index in [2.05, 4.69) is 18.0 Å². The fourth-order valence-electron chi connectivity index (χ4n) is 1.69. The minimum absolute atomic E-state index is 0.341. The number of hydrogen-bond acceptors (Lipinski definition) is 4. The van der Waals surface area contributed by atoms with Gasteiger partial charge in [0.25, 0.3) is 0 Å². The van der Waals surface area contributed by atoms with E-state index < -0.39 is 0 Å². The smallest absolute Gasteiger partial charge is 0.194 e. The Morgan fingerprint density at radius 3 is 3.12 bits per heavy atom. The van der Waals surface area contributed by atoms with E-state index in [9.17, 15) is 0 Å². The van der Waals surface area contributed by atoms with Crippen molar-refractivity contribution < 1.29 is 4.18 Å². The summed E-state index contributed by atoms with van der Waals surface area (Å²) in [5, 5.41) is 9.33. The molecule has 0 unspecified atom stereocenters. The van der Waals surface area contributed by atoms with Gasteiger partial charge in [-0.25, -0.2) is 4.98 Å². The van der Waals surface area contributed by atoms with Crippen LogP contribution in [0.25, 0.3) is 11.0 Å². The summed E-state index contributed by atoms with van der Waals surface area (Å²) in [5.41, 5.74) is 1.89. The van der Waals surface area contributed by atoms with Crippen molar-refractivity contribution >= 4 is 28.2 Å². The van der Waals surface area contributed by atoms with Crippen LogP contribution in [0.5, 0.6) is 0 Å². The highest BCUT2D eigenvalue weighted by atomic mass is 32.2. The molecular weight excluding hydrogens is 222 g/mol. The lowest BCUT2D eigenvalue weighted by Gasteiger charge is -2.07. The van der Waals surface area contributed by atoms with Crippen LogP contribution < -0.4 is 0 Å². The fourth-order valence-corrected chi connectivity index (χ4v) is 2.13. The van der Waals surface area contributed by atoms with Crippen LogP contribution in [0.3, 0.4) is 0 Å². The van der Waals surface area contributed by atoms with Gasteiger partial charge in [-0.1, -0.05) is 6.92 Å². The molecule has 0 aromatic carbocycles. The van der Waals surface area contributed by atoms with Crippen molar-refractivity contribution in [2.24, 2.45) is 0 Å². The highest BCUT2D eigenvalue weighted by Crippen LogP contribution is 2.20. The van der Waals surface area contributed by atoms with E-state index in [0.29, 0.717) is 5.17 Å². The third-order valence-corrected chi connectivity index (χ3v) is 2.87. The Balaban J connectivity index is 2.60. The van der Waals surface area contributed by atoms with Crippen LogP contribution in [0.2, 0.25) is 0 Å². The maximum atomic E-state index is 7.93. The van der Waals surface area contributed by atoms with E-state index in [1.165, 1.54) is 0 Å². The highest BCUT2D eigenvalue weighted by molar-refractivity contribution is 8.09. The van der Waals surface area contributed by atoms with Crippen LogP contribution in [0, 0.1) is 5.41 Å². The molecule has 84 valence electrons. The van der Waals surface area contributed by atoms with Crippen molar-refractivity contribution in [2.75, 3.05) is 7.11 Å². The molecule has 0 atom stereocenters. The summed E-state index contributed by atoms with van der Waals surface area (Å²) in [6.07, 6.45) is 2.60. The monoisotopic (exact) mass is 235 g/mol. The molecule has 1 N–H and O–H groups in total. The van der Waals surface area contributed by atoms with E-state index in [1.807, 2.05) is 16.7 Å². The van der Waals surface area contributed by atoms with Gasteiger partial charge in [0.15, 0.2) is 5.17 Å². The SMILES string of the molecule is CCc1cc2cccnc2n1C(=N)SOC. The lowest BCUT2D eigenvalue weighted by atomic mass is 10.3. The lowest BCUT2D eigenvalue weighted by molar-refractivity contribution is 0.495. The van der Waals surface area contributed by atoms with Crippen LogP contribution in [0.15, 0.2) is 24.4 Å². The zero-order valence-corrected chi connectivity index (χ0v) is 10.0. The number of aromatic nitrogens is 2. The molecule has 2 aromatic heterocycles. The molecule has 0 saturated heterocycles.